The number of carbonyl (C=O) groups excluding carboxylic acids is 1. The molecule has 30 heavy (non-hydrogen) atoms. The summed E-state index contributed by atoms with van der Waals surface area (Å²) in [6, 6.07) is 21.9. The monoisotopic (exact) mass is 530 g/mol. The van der Waals surface area contributed by atoms with Crippen LogP contribution in [0, 0.1) is 0 Å². The lowest BCUT2D eigenvalue weighted by Crippen LogP contribution is -2.47. The Morgan fingerprint density at radius 3 is 2.07 bits per heavy atom. The van der Waals surface area contributed by atoms with Crippen molar-refractivity contribution < 1.29 is 14.6 Å². The number of halogens is 2. The number of amides is 2. The lowest BCUT2D eigenvalue weighted by Gasteiger charge is -2.36. The molecule has 1 fully saturated rings. The second-order valence-electron chi connectivity index (χ2n) is 7.19. The SMILES string of the molecule is COc1cccc([C@@]2(C)C(O)N(c3ccc(Br)cc3)C(=O)N2c2ccc(Br)cc2)c1. The van der Waals surface area contributed by atoms with Crippen LogP contribution < -0.4 is 14.5 Å². The Bertz CT molecular complexity index is 1070. The fraction of sp³-hybridized carbons (Fsp3) is 0.174. The first-order chi connectivity index (χ1) is 14.4. The van der Waals surface area contributed by atoms with E-state index in [1.54, 1.807) is 12.0 Å². The summed E-state index contributed by atoms with van der Waals surface area (Å²) in [6.45, 7) is 1.87. The molecule has 7 heteroatoms. The van der Waals surface area contributed by atoms with Crippen LogP contribution in [0.3, 0.4) is 0 Å². The number of urea groups is 1. The quantitative estimate of drug-likeness (QED) is 0.456. The van der Waals surface area contributed by atoms with E-state index in [0.29, 0.717) is 17.1 Å². The van der Waals surface area contributed by atoms with Crippen LogP contribution in [0.25, 0.3) is 0 Å². The Balaban J connectivity index is 1.90. The van der Waals surface area contributed by atoms with Crippen LogP contribution >= 0.6 is 31.9 Å². The predicted molar refractivity (Wildman–Crippen MR) is 125 cm³/mol. The van der Waals surface area contributed by atoms with Gasteiger partial charge >= 0.3 is 6.03 Å². The van der Waals surface area contributed by atoms with Crippen molar-refractivity contribution >= 4 is 49.3 Å². The van der Waals surface area contributed by atoms with Crippen LogP contribution in [-0.4, -0.2) is 24.5 Å². The van der Waals surface area contributed by atoms with Gasteiger partial charge in [-0.15, -0.1) is 0 Å². The topological polar surface area (TPSA) is 53.0 Å². The molecule has 1 aliphatic heterocycles. The number of aliphatic hydroxyl groups excluding tert-OH is 1. The van der Waals surface area contributed by atoms with Crippen molar-refractivity contribution in [1.29, 1.82) is 0 Å². The van der Waals surface area contributed by atoms with Gasteiger partial charge in [-0.1, -0.05) is 44.0 Å². The molecule has 4 rings (SSSR count). The largest absolute Gasteiger partial charge is 0.497 e. The third-order valence-electron chi connectivity index (χ3n) is 5.45. The van der Waals surface area contributed by atoms with E-state index in [2.05, 4.69) is 31.9 Å². The highest BCUT2D eigenvalue weighted by atomic mass is 79.9. The number of nitrogens with zero attached hydrogens (tertiary/aromatic N) is 2. The maximum atomic E-state index is 13.7. The normalized spacial score (nSPS) is 21.2. The van der Waals surface area contributed by atoms with Gasteiger partial charge in [0.1, 0.15) is 11.3 Å². The molecule has 1 N–H and O–H groups in total. The number of benzene rings is 3. The molecule has 5 nitrogen and oxygen atoms in total. The van der Waals surface area contributed by atoms with Gasteiger partial charge in [0.25, 0.3) is 0 Å². The minimum atomic E-state index is -1.12. The summed E-state index contributed by atoms with van der Waals surface area (Å²) >= 11 is 6.86. The van der Waals surface area contributed by atoms with E-state index in [4.69, 9.17) is 4.74 Å². The first kappa shape index (κ1) is 20.9. The van der Waals surface area contributed by atoms with Gasteiger partial charge in [-0.05, 0) is 73.2 Å². The molecule has 0 aromatic heterocycles. The smallest absolute Gasteiger partial charge is 0.332 e. The summed E-state index contributed by atoms with van der Waals surface area (Å²) < 4.78 is 7.20. The molecule has 1 aliphatic rings. The number of carbonyl (C=O) groups is 1. The number of hydrogen-bond acceptors (Lipinski definition) is 3. The summed E-state index contributed by atoms with van der Waals surface area (Å²) in [5.74, 6) is 0.659. The fourth-order valence-corrected chi connectivity index (χ4v) is 4.34. The molecule has 1 heterocycles. The van der Waals surface area contributed by atoms with Gasteiger partial charge in [-0.2, -0.15) is 0 Å². The summed E-state index contributed by atoms with van der Waals surface area (Å²) in [5, 5.41) is 11.5. The van der Waals surface area contributed by atoms with E-state index in [0.717, 1.165) is 14.5 Å². The number of hydrogen-bond donors (Lipinski definition) is 1. The third-order valence-corrected chi connectivity index (χ3v) is 6.51. The molecule has 0 spiro atoms. The zero-order valence-electron chi connectivity index (χ0n) is 16.4. The Hall–Kier alpha value is -2.35. The summed E-state index contributed by atoms with van der Waals surface area (Å²) in [5.41, 5.74) is 1.02. The number of methoxy groups -OCH3 is 1. The van der Waals surface area contributed by atoms with E-state index in [-0.39, 0.29) is 6.03 Å². The zero-order chi connectivity index (χ0) is 21.5. The van der Waals surface area contributed by atoms with Gasteiger partial charge in [0.15, 0.2) is 6.23 Å². The van der Waals surface area contributed by atoms with Crippen LogP contribution in [0.1, 0.15) is 12.5 Å². The first-order valence-electron chi connectivity index (χ1n) is 9.33. The van der Waals surface area contributed by atoms with E-state index in [1.807, 2.05) is 79.7 Å². The third kappa shape index (κ3) is 3.41. The van der Waals surface area contributed by atoms with Gasteiger partial charge < -0.3 is 9.84 Å². The van der Waals surface area contributed by atoms with Gasteiger partial charge in [0.2, 0.25) is 0 Å². The highest BCUT2D eigenvalue weighted by Crippen LogP contribution is 2.45. The van der Waals surface area contributed by atoms with E-state index in [9.17, 15) is 9.90 Å². The summed E-state index contributed by atoms with van der Waals surface area (Å²) in [7, 11) is 1.60. The molecule has 0 bridgehead atoms. The van der Waals surface area contributed by atoms with E-state index in [1.165, 1.54) is 4.90 Å². The van der Waals surface area contributed by atoms with Crippen LogP contribution in [0.5, 0.6) is 5.75 Å². The second-order valence-corrected chi connectivity index (χ2v) is 9.03. The van der Waals surface area contributed by atoms with Crippen molar-refractivity contribution in [3.8, 4) is 5.75 Å². The Kier molecular flexibility index (Phi) is 5.61. The van der Waals surface area contributed by atoms with Gasteiger partial charge in [-0.3, -0.25) is 9.80 Å². The maximum Gasteiger partial charge on any atom is 0.332 e. The molecule has 154 valence electrons. The molecule has 1 unspecified atom stereocenters. The Labute approximate surface area is 192 Å². The second kappa shape index (κ2) is 8.06. The van der Waals surface area contributed by atoms with Crippen molar-refractivity contribution in [1.82, 2.24) is 0 Å². The molecule has 2 atom stereocenters. The number of rotatable bonds is 4. The summed E-state index contributed by atoms with van der Waals surface area (Å²) in [6.07, 6.45) is -1.12. The van der Waals surface area contributed by atoms with Crippen LogP contribution in [0.15, 0.2) is 81.7 Å². The average Bonchev–Trinajstić information content (AvgIpc) is 2.96. The molecule has 0 saturated carbocycles. The standard InChI is InChI=1S/C23H20Br2N2O3/c1-23(15-4-3-5-20(14-15)30-2)21(28)26(18-10-6-16(24)7-11-18)22(29)27(23)19-12-8-17(25)9-13-19/h3-14,21,28H,1-2H3/t21?,23-/m0/s1. The van der Waals surface area contributed by atoms with E-state index >= 15 is 0 Å². The van der Waals surface area contributed by atoms with Crippen molar-refractivity contribution in [3.05, 3.63) is 87.3 Å². The fourth-order valence-electron chi connectivity index (χ4n) is 3.82. The van der Waals surface area contributed by atoms with Crippen LogP contribution in [0.2, 0.25) is 0 Å². The molecule has 0 aliphatic carbocycles. The van der Waals surface area contributed by atoms with Crippen molar-refractivity contribution in [3.63, 3.8) is 0 Å². The number of anilines is 2. The first-order valence-corrected chi connectivity index (χ1v) is 10.9. The lowest BCUT2D eigenvalue weighted by molar-refractivity contribution is 0.119. The lowest BCUT2D eigenvalue weighted by atomic mass is 9.88. The van der Waals surface area contributed by atoms with Gasteiger partial charge in [0.05, 0.1) is 7.11 Å². The minimum absolute atomic E-state index is 0.308. The highest BCUT2D eigenvalue weighted by molar-refractivity contribution is 9.10. The van der Waals surface area contributed by atoms with E-state index < -0.39 is 11.8 Å². The van der Waals surface area contributed by atoms with Crippen LogP contribution in [0.4, 0.5) is 16.2 Å². The molecule has 1 saturated heterocycles. The molecule has 3 aromatic carbocycles. The minimum Gasteiger partial charge on any atom is -0.497 e. The van der Waals surface area contributed by atoms with Crippen molar-refractivity contribution in [2.24, 2.45) is 0 Å². The Morgan fingerprint density at radius 1 is 0.933 bits per heavy atom. The molecule has 2 amide bonds. The number of aliphatic hydroxyl groups is 1. The maximum absolute atomic E-state index is 13.7. The van der Waals surface area contributed by atoms with Gasteiger partial charge in [-0.25, -0.2) is 4.79 Å². The highest BCUT2D eigenvalue weighted by Gasteiger charge is 2.56. The average molecular weight is 532 g/mol. The molecule has 3 aromatic rings. The number of ether oxygens (including phenoxy) is 1. The van der Waals surface area contributed by atoms with Crippen molar-refractivity contribution in [2.45, 2.75) is 18.7 Å². The molecular weight excluding hydrogens is 512 g/mol. The Morgan fingerprint density at radius 2 is 1.50 bits per heavy atom. The molecule has 0 radical (unpaired) electrons. The van der Waals surface area contributed by atoms with Crippen LogP contribution in [-0.2, 0) is 5.54 Å². The molecular formula is C23H20Br2N2O3. The van der Waals surface area contributed by atoms with Crippen molar-refractivity contribution in [2.75, 3.05) is 16.9 Å². The summed E-state index contributed by atoms with van der Waals surface area (Å²) in [4.78, 5) is 16.7. The van der Waals surface area contributed by atoms with Gasteiger partial charge in [0, 0.05) is 20.3 Å². The zero-order valence-corrected chi connectivity index (χ0v) is 19.6. The predicted octanol–water partition coefficient (Wildman–Crippen LogP) is 5.90.